The first-order chi connectivity index (χ1) is 33.5. The first-order valence-electron chi connectivity index (χ1n) is 27.1. The molecule has 0 radical (unpaired) electrons. The van der Waals surface area contributed by atoms with E-state index in [2.05, 4.69) is 263 Å². The van der Waals surface area contributed by atoms with Crippen molar-refractivity contribution < 1.29 is 18.8 Å². The summed E-state index contributed by atoms with van der Waals surface area (Å²) in [6.07, 6.45) is 0. The normalized spacial score (nSPS) is 14.2. The summed E-state index contributed by atoms with van der Waals surface area (Å²) in [6.45, 7) is 53.7. The average Bonchev–Trinajstić information content (AvgIpc) is 3.26. The second-order valence-corrected chi connectivity index (χ2v) is 34.7. The van der Waals surface area contributed by atoms with Crippen LogP contribution in [0.4, 0.5) is 0 Å². The molecule has 0 heterocycles. The third-order valence-corrected chi connectivity index (χ3v) is 20.5. The molecule has 0 aliphatic heterocycles. The summed E-state index contributed by atoms with van der Waals surface area (Å²) in [6, 6.07) is 42.8. The van der Waals surface area contributed by atoms with Gasteiger partial charge in [-0.3, -0.25) is 0 Å². The zero-order chi connectivity index (χ0) is 55.8. The van der Waals surface area contributed by atoms with E-state index in [9.17, 15) is 9.79 Å². The van der Waals surface area contributed by atoms with Gasteiger partial charge < -0.3 is 0 Å². The van der Waals surface area contributed by atoms with Gasteiger partial charge in [-0.25, -0.2) is 0 Å². The Labute approximate surface area is 451 Å². The molecule has 6 aromatic rings. The zero-order valence-corrected chi connectivity index (χ0v) is 52.3. The van der Waals surface area contributed by atoms with Gasteiger partial charge in [-0.1, -0.05) is 0 Å². The van der Waals surface area contributed by atoms with Crippen LogP contribution >= 0.6 is 15.4 Å². The molecule has 0 bridgehead atoms. The van der Waals surface area contributed by atoms with Crippen molar-refractivity contribution in [1.29, 1.82) is 0 Å². The van der Waals surface area contributed by atoms with Crippen LogP contribution in [0, 0.1) is 0 Å². The van der Waals surface area contributed by atoms with Crippen LogP contribution in [0.25, 0.3) is 11.1 Å². The van der Waals surface area contributed by atoms with Crippen molar-refractivity contribution in [2.75, 3.05) is 0 Å². The molecule has 0 aliphatic rings. The molecule has 0 atom stereocenters. The molecular weight excluding hydrogens is 943 g/mol. The van der Waals surface area contributed by atoms with Crippen LogP contribution in [-0.2, 0) is 43.3 Å². The van der Waals surface area contributed by atoms with E-state index in [1.54, 1.807) is 0 Å². The summed E-state index contributed by atoms with van der Waals surface area (Å²) in [5, 5.41) is 3.48. The molecule has 6 rings (SSSR count). The van der Waals surface area contributed by atoms with Gasteiger partial charge in [0.05, 0.1) is 0 Å². The molecule has 0 fully saturated rings. The standard InChI is InChI=1S/C68H96O4P2/c1-61(2,3)47-29-37-57(53(41-47)65(13,14)15)73(69,58-38-30-48(62(4,5)6)42-54(58)66(16,17)18)71-51-33-25-45(26-34-51)46-27-35-52(36-28-46)72-74(70,59-39-31-49(63(7,8)9)43-55(59)67(19,20)21)60-40-32-50(64(10,11)12)44-56(60)68(22,23)24/h25-44,69-70,73-74H,1-24H3. The fraction of sp³-hybridized carbons (Fsp3) is 0.471. The third-order valence-electron chi connectivity index (χ3n) is 14.8. The quantitative estimate of drug-likeness (QED) is 0.142. The average molecular weight is 1040 g/mol. The van der Waals surface area contributed by atoms with Crippen LogP contribution in [0.15, 0.2) is 121 Å². The van der Waals surface area contributed by atoms with Crippen LogP contribution in [0.1, 0.15) is 211 Å². The molecular formula is C68H96O4P2. The van der Waals surface area contributed by atoms with E-state index in [1.165, 1.54) is 22.3 Å². The predicted molar refractivity (Wildman–Crippen MR) is 328 cm³/mol. The molecule has 4 nitrogen and oxygen atoms in total. The van der Waals surface area contributed by atoms with Crippen molar-refractivity contribution in [2.45, 2.75) is 209 Å². The molecule has 402 valence electrons. The van der Waals surface area contributed by atoms with Crippen molar-refractivity contribution in [2.24, 2.45) is 0 Å². The van der Waals surface area contributed by atoms with Gasteiger partial charge in [-0.15, -0.1) is 0 Å². The summed E-state index contributed by atoms with van der Waals surface area (Å²) < 4.78 is 14.4. The Morgan fingerprint density at radius 1 is 0.257 bits per heavy atom. The van der Waals surface area contributed by atoms with E-state index in [0.29, 0.717) is 11.5 Å². The molecule has 6 aromatic carbocycles. The second kappa shape index (κ2) is 19.9. The number of hydrogen-bond donors (Lipinski definition) is 2. The Morgan fingerprint density at radius 2 is 0.446 bits per heavy atom. The van der Waals surface area contributed by atoms with E-state index in [4.69, 9.17) is 9.05 Å². The van der Waals surface area contributed by atoms with Gasteiger partial charge in [-0.05, 0) is 0 Å². The van der Waals surface area contributed by atoms with E-state index >= 15 is 0 Å². The molecule has 2 N–H and O–H groups in total. The van der Waals surface area contributed by atoms with Crippen molar-refractivity contribution in [3.8, 4) is 22.6 Å². The molecule has 0 amide bonds. The van der Waals surface area contributed by atoms with Crippen LogP contribution in [0.3, 0.4) is 0 Å². The topological polar surface area (TPSA) is 58.9 Å². The Hall–Kier alpha value is -4.30. The minimum absolute atomic E-state index is 0.0738. The minimum atomic E-state index is -3.99. The monoisotopic (exact) mass is 1040 g/mol. The molecule has 0 saturated carbocycles. The first kappa shape index (κ1) is 59.0. The van der Waals surface area contributed by atoms with Crippen LogP contribution in [0.5, 0.6) is 11.5 Å². The Kier molecular flexibility index (Phi) is 15.9. The maximum atomic E-state index is 13.8. The van der Waals surface area contributed by atoms with E-state index < -0.39 is 15.4 Å². The summed E-state index contributed by atoms with van der Waals surface area (Å²) in [5.74, 6) is 1.22. The van der Waals surface area contributed by atoms with Gasteiger partial charge in [-0.2, -0.15) is 0 Å². The summed E-state index contributed by atoms with van der Waals surface area (Å²) in [5.41, 5.74) is 9.90. The maximum absolute atomic E-state index is 13.8. The van der Waals surface area contributed by atoms with Crippen LogP contribution in [0.2, 0.25) is 0 Å². The van der Waals surface area contributed by atoms with Crippen molar-refractivity contribution in [3.63, 3.8) is 0 Å². The molecule has 0 aromatic heterocycles. The predicted octanol–water partition coefficient (Wildman–Crippen LogP) is 16.9. The fourth-order valence-corrected chi connectivity index (χ4v) is 16.4. The third kappa shape index (κ3) is 12.7. The van der Waals surface area contributed by atoms with Crippen molar-refractivity contribution in [1.82, 2.24) is 0 Å². The Balaban J connectivity index is 1.47. The van der Waals surface area contributed by atoms with E-state index in [0.717, 1.165) is 54.6 Å². The van der Waals surface area contributed by atoms with Crippen molar-refractivity contribution >= 4 is 36.7 Å². The molecule has 6 heteroatoms. The summed E-state index contributed by atoms with van der Waals surface area (Å²) >= 11 is 0. The van der Waals surface area contributed by atoms with Crippen molar-refractivity contribution in [3.05, 3.63) is 166 Å². The van der Waals surface area contributed by atoms with Gasteiger partial charge >= 0.3 is 453 Å². The molecule has 0 unspecified atom stereocenters. The first-order valence-corrected chi connectivity index (χ1v) is 30.8. The fourth-order valence-electron chi connectivity index (χ4n) is 9.99. The van der Waals surface area contributed by atoms with Gasteiger partial charge in [0, 0.05) is 0 Å². The summed E-state index contributed by atoms with van der Waals surface area (Å²) in [4.78, 5) is 27.5. The molecule has 0 saturated heterocycles. The van der Waals surface area contributed by atoms with Gasteiger partial charge in [0.15, 0.2) is 0 Å². The van der Waals surface area contributed by atoms with E-state index in [-0.39, 0.29) is 43.3 Å². The number of rotatable bonds is 9. The molecule has 0 aliphatic carbocycles. The van der Waals surface area contributed by atoms with Gasteiger partial charge in [0.25, 0.3) is 0 Å². The Morgan fingerprint density at radius 3 is 0.608 bits per heavy atom. The summed E-state index contributed by atoms with van der Waals surface area (Å²) in [7, 11) is -7.98. The van der Waals surface area contributed by atoms with Gasteiger partial charge in [0.1, 0.15) is 0 Å². The Bertz CT molecular complexity index is 2600. The van der Waals surface area contributed by atoms with Crippen LogP contribution in [-0.4, -0.2) is 9.79 Å². The van der Waals surface area contributed by atoms with Crippen LogP contribution < -0.4 is 30.3 Å². The molecule has 74 heavy (non-hydrogen) atoms. The molecule has 0 spiro atoms. The van der Waals surface area contributed by atoms with E-state index in [1.807, 2.05) is 24.3 Å². The van der Waals surface area contributed by atoms with Gasteiger partial charge in [0.2, 0.25) is 0 Å². The SMILES string of the molecule is CC(C)(C)c1ccc([PH](O)(Oc2ccc(-c3ccc(O[PH](O)(c4ccc(C(C)(C)C)cc4C(C)(C)C)c4ccc(C(C)(C)C)cc4C(C)(C)C)cc3)cc2)c2ccc(C(C)(C)C)cc2C(C)(C)C)c(C(C)(C)C)c1. The second-order valence-electron chi connectivity index (χ2n) is 29.6. The number of hydrogen-bond acceptors (Lipinski definition) is 4. The number of benzene rings is 6. The zero-order valence-electron chi connectivity index (χ0n) is 50.3.